The Morgan fingerprint density at radius 1 is 1.16 bits per heavy atom. The Labute approximate surface area is 143 Å². The van der Waals surface area contributed by atoms with E-state index in [0.29, 0.717) is 17.9 Å². The molecule has 0 aliphatic carbocycles. The second-order valence-corrected chi connectivity index (χ2v) is 5.71. The van der Waals surface area contributed by atoms with Gasteiger partial charge in [0.2, 0.25) is 0 Å². The number of non-ortho nitro benzene ring substituents is 1. The lowest BCUT2D eigenvalue weighted by Crippen LogP contribution is -2.37. The molecular weight excluding hydrogens is 324 g/mol. The number of para-hydroxylation sites is 1. The summed E-state index contributed by atoms with van der Waals surface area (Å²) in [4.78, 5) is 10.2. The maximum absolute atomic E-state index is 10.7. The van der Waals surface area contributed by atoms with Crippen molar-refractivity contribution in [3.8, 4) is 0 Å². The fourth-order valence-corrected chi connectivity index (χ4v) is 2.66. The van der Waals surface area contributed by atoms with Crippen LogP contribution >= 0.6 is 0 Å². The zero-order chi connectivity index (χ0) is 17.8. The van der Waals surface area contributed by atoms with E-state index < -0.39 is 17.1 Å². The number of hydrogen-bond acceptors (Lipinski definition) is 6. The number of aliphatic hydroxyl groups excluding tert-OH is 2. The molecule has 0 fully saturated rings. The molecule has 0 aliphatic rings. The number of fused-ring (bicyclic) bond motifs is 1. The second kappa shape index (κ2) is 7.43. The lowest BCUT2D eigenvalue weighted by Gasteiger charge is -2.22. The van der Waals surface area contributed by atoms with Crippen molar-refractivity contribution in [1.82, 2.24) is 5.32 Å². The molecule has 3 N–H and O–H groups in total. The molecule has 3 aromatic rings. The Morgan fingerprint density at radius 2 is 1.88 bits per heavy atom. The van der Waals surface area contributed by atoms with E-state index in [1.807, 2.05) is 30.3 Å². The lowest BCUT2D eigenvalue weighted by molar-refractivity contribution is -0.384. The summed E-state index contributed by atoms with van der Waals surface area (Å²) in [6, 6.07) is 14.5. The molecule has 0 amide bonds. The molecule has 7 heteroatoms. The van der Waals surface area contributed by atoms with Crippen molar-refractivity contribution in [3.05, 3.63) is 76.0 Å². The number of aliphatic hydroxyl groups is 2. The molecule has 0 aliphatic heterocycles. The first-order valence-corrected chi connectivity index (χ1v) is 7.82. The Kier molecular flexibility index (Phi) is 5.08. The average molecular weight is 342 g/mol. The second-order valence-electron chi connectivity index (χ2n) is 5.71. The normalized spacial score (nSPS) is 13.7. The predicted molar refractivity (Wildman–Crippen MR) is 92.0 cm³/mol. The van der Waals surface area contributed by atoms with E-state index in [1.54, 1.807) is 0 Å². The number of benzene rings is 2. The van der Waals surface area contributed by atoms with E-state index in [1.165, 1.54) is 24.3 Å². The molecule has 0 saturated carbocycles. The molecule has 0 saturated heterocycles. The van der Waals surface area contributed by atoms with Gasteiger partial charge in [-0.1, -0.05) is 18.2 Å². The van der Waals surface area contributed by atoms with Gasteiger partial charge in [-0.25, -0.2) is 0 Å². The largest absolute Gasteiger partial charge is 0.460 e. The zero-order valence-electron chi connectivity index (χ0n) is 13.3. The molecule has 0 radical (unpaired) electrons. The molecule has 1 aromatic heterocycles. The van der Waals surface area contributed by atoms with Crippen LogP contribution in [-0.2, 0) is 6.54 Å². The van der Waals surface area contributed by atoms with Gasteiger partial charge in [0.05, 0.1) is 30.2 Å². The zero-order valence-corrected chi connectivity index (χ0v) is 13.3. The van der Waals surface area contributed by atoms with Crippen molar-refractivity contribution in [3.63, 3.8) is 0 Å². The van der Waals surface area contributed by atoms with Gasteiger partial charge in [0.15, 0.2) is 0 Å². The van der Waals surface area contributed by atoms with Crippen molar-refractivity contribution in [2.45, 2.75) is 18.7 Å². The molecule has 7 nitrogen and oxygen atoms in total. The summed E-state index contributed by atoms with van der Waals surface area (Å²) in [7, 11) is 0. The summed E-state index contributed by atoms with van der Waals surface area (Å²) in [5, 5.41) is 34.7. The molecule has 2 atom stereocenters. The third kappa shape index (κ3) is 3.85. The number of nitrogens with zero attached hydrogens (tertiary/aromatic N) is 1. The van der Waals surface area contributed by atoms with Gasteiger partial charge in [0, 0.05) is 17.5 Å². The molecule has 2 aromatic carbocycles. The van der Waals surface area contributed by atoms with Crippen LogP contribution in [0, 0.1) is 10.1 Å². The fraction of sp³-hybridized carbons (Fsp3) is 0.222. The van der Waals surface area contributed by atoms with Gasteiger partial charge in [-0.15, -0.1) is 0 Å². The van der Waals surface area contributed by atoms with Crippen molar-refractivity contribution in [1.29, 1.82) is 0 Å². The summed E-state index contributed by atoms with van der Waals surface area (Å²) in [5.41, 5.74) is 1.21. The first-order chi connectivity index (χ1) is 12.1. The van der Waals surface area contributed by atoms with Crippen LogP contribution in [-0.4, -0.2) is 27.8 Å². The predicted octanol–water partition coefficient (Wildman–Crippen LogP) is 2.53. The Balaban J connectivity index is 1.67. The number of nitro groups is 1. The maximum atomic E-state index is 10.7. The summed E-state index contributed by atoms with van der Waals surface area (Å²) in [6.45, 7) is 0.0440. The van der Waals surface area contributed by atoms with E-state index in [4.69, 9.17) is 4.42 Å². The van der Waals surface area contributed by atoms with E-state index in [-0.39, 0.29) is 12.3 Å². The van der Waals surface area contributed by atoms with Crippen LogP contribution < -0.4 is 5.32 Å². The van der Waals surface area contributed by atoms with E-state index in [2.05, 4.69) is 5.32 Å². The molecule has 0 bridgehead atoms. The van der Waals surface area contributed by atoms with Crippen LogP contribution in [0.15, 0.2) is 59.0 Å². The summed E-state index contributed by atoms with van der Waals surface area (Å²) in [5.74, 6) is 0.690. The molecule has 2 unspecified atom stereocenters. The van der Waals surface area contributed by atoms with Crippen molar-refractivity contribution < 1.29 is 19.6 Å². The SMILES string of the molecule is O=[N+]([O-])c1ccc(C(O)C(CO)NCc2cc3ccccc3o2)cc1. The smallest absolute Gasteiger partial charge is 0.269 e. The number of nitrogens with one attached hydrogen (secondary N) is 1. The van der Waals surface area contributed by atoms with Gasteiger partial charge in [-0.2, -0.15) is 0 Å². The van der Waals surface area contributed by atoms with Gasteiger partial charge in [0.1, 0.15) is 11.3 Å². The monoisotopic (exact) mass is 342 g/mol. The number of furan rings is 1. The minimum Gasteiger partial charge on any atom is -0.460 e. The molecule has 25 heavy (non-hydrogen) atoms. The van der Waals surface area contributed by atoms with Gasteiger partial charge < -0.3 is 19.9 Å². The highest BCUT2D eigenvalue weighted by Crippen LogP contribution is 2.22. The van der Waals surface area contributed by atoms with Crippen molar-refractivity contribution in [2.75, 3.05) is 6.61 Å². The first kappa shape index (κ1) is 17.1. The molecule has 1 heterocycles. The Hall–Kier alpha value is -2.74. The Bertz CT molecular complexity index is 826. The molecule has 130 valence electrons. The quantitative estimate of drug-likeness (QED) is 0.450. The molecule has 0 spiro atoms. The van der Waals surface area contributed by atoms with Crippen LogP contribution in [0.4, 0.5) is 5.69 Å². The van der Waals surface area contributed by atoms with E-state index in [9.17, 15) is 20.3 Å². The van der Waals surface area contributed by atoms with E-state index in [0.717, 1.165) is 11.0 Å². The minimum atomic E-state index is -1.00. The van der Waals surface area contributed by atoms with Crippen LogP contribution in [0.1, 0.15) is 17.4 Å². The van der Waals surface area contributed by atoms with Crippen LogP contribution in [0.3, 0.4) is 0 Å². The topological polar surface area (TPSA) is 109 Å². The fourth-order valence-electron chi connectivity index (χ4n) is 2.66. The number of rotatable bonds is 7. The number of hydrogen-bond donors (Lipinski definition) is 3. The summed E-state index contributed by atoms with van der Waals surface area (Å²) >= 11 is 0. The maximum Gasteiger partial charge on any atom is 0.269 e. The highest BCUT2D eigenvalue weighted by atomic mass is 16.6. The van der Waals surface area contributed by atoms with Crippen LogP contribution in [0.25, 0.3) is 11.0 Å². The van der Waals surface area contributed by atoms with Crippen LogP contribution in [0.2, 0.25) is 0 Å². The third-order valence-corrected chi connectivity index (χ3v) is 4.04. The Morgan fingerprint density at radius 3 is 2.52 bits per heavy atom. The lowest BCUT2D eigenvalue weighted by atomic mass is 10.0. The van der Waals surface area contributed by atoms with E-state index >= 15 is 0 Å². The molecule has 3 rings (SSSR count). The van der Waals surface area contributed by atoms with Crippen molar-refractivity contribution in [2.24, 2.45) is 0 Å². The minimum absolute atomic E-state index is 0.0493. The van der Waals surface area contributed by atoms with Gasteiger partial charge in [0.25, 0.3) is 5.69 Å². The third-order valence-electron chi connectivity index (χ3n) is 4.04. The van der Waals surface area contributed by atoms with Gasteiger partial charge in [-0.05, 0) is 29.8 Å². The average Bonchev–Trinajstić information content (AvgIpc) is 3.05. The highest BCUT2D eigenvalue weighted by Gasteiger charge is 2.21. The summed E-state index contributed by atoms with van der Waals surface area (Å²) < 4.78 is 5.69. The standard InChI is InChI=1S/C18H18N2O5/c21-11-16(18(22)12-5-7-14(8-6-12)20(23)24)19-10-15-9-13-3-1-2-4-17(13)25-15/h1-9,16,18-19,21-22H,10-11H2. The van der Waals surface area contributed by atoms with Crippen molar-refractivity contribution >= 4 is 16.7 Å². The molecular formula is C18H18N2O5. The number of nitro benzene ring substituents is 1. The first-order valence-electron chi connectivity index (χ1n) is 7.82. The highest BCUT2D eigenvalue weighted by molar-refractivity contribution is 5.77. The van der Waals surface area contributed by atoms with Gasteiger partial charge >= 0.3 is 0 Å². The van der Waals surface area contributed by atoms with Crippen LogP contribution in [0.5, 0.6) is 0 Å². The summed E-state index contributed by atoms with van der Waals surface area (Å²) in [6.07, 6.45) is -1.00. The van der Waals surface area contributed by atoms with Gasteiger partial charge in [-0.3, -0.25) is 10.1 Å².